The number of hydrogen-bond acceptors (Lipinski definition) is 6. The molecule has 4 heterocycles. The molecule has 3 aliphatic heterocycles. The Kier molecular flexibility index (Phi) is 3.45. The standard InChI is InChI=1S/C18H18F2N4O3/c1-26-14-15(21-6-10-2-3-12(19)13(20)4-10)22-17(25)23-8-18-5-11(27-9-18)7-24(18)16(14)23/h2-4,11H,5-9H2,1H3,(H,21,22,25)/t11-,18+/m0/s1. The molecule has 1 N–H and O–H groups in total. The Hall–Kier alpha value is -2.68. The monoisotopic (exact) mass is 376 g/mol. The van der Waals surface area contributed by atoms with Crippen LogP contribution >= 0.6 is 0 Å². The van der Waals surface area contributed by atoms with Gasteiger partial charge < -0.3 is 19.7 Å². The van der Waals surface area contributed by atoms with Crippen LogP contribution in [0.5, 0.6) is 5.75 Å². The zero-order valence-corrected chi connectivity index (χ0v) is 14.7. The molecule has 9 heteroatoms. The maximum atomic E-state index is 13.4. The van der Waals surface area contributed by atoms with Gasteiger partial charge in [-0.1, -0.05) is 6.07 Å². The molecular weight excluding hydrogens is 358 g/mol. The number of morpholine rings is 1. The number of nitrogens with zero attached hydrogens (tertiary/aromatic N) is 3. The molecule has 0 radical (unpaired) electrons. The van der Waals surface area contributed by atoms with Crippen LogP contribution in [-0.4, -0.2) is 41.5 Å². The number of nitrogens with one attached hydrogen (secondary N) is 1. The quantitative estimate of drug-likeness (QED) is 0.872. The summed E-state index contributed by atoms with van der Waals surface area (Å²) < 4.78 is 39.5. The van der Waals surface area contributed by atoms with Crippen LogP contribution in [0, 0.1) is 11.6 Å². The second-order valence-corrected chi connectivity index (χ2v) is 7.26. The van der Waals surface area contributed by atoms with Crippen LogP contribution in [0.1, 0.15) is 12.0 Å². The number of fused-ring (bicyclic) bond motifs is 3. The van der Waals surface area contributed by atoms with Crippen molar-refractivity contribution in [3.63, 3.8) is 0 Å². The van der Waals surface area contributed by atoms with E-state index in [2.05, 4.69) is 15.2 Å². The molecule has 1 aromatic carbocycles. The second kappa shape index (κ2) is 5.66. The maximum absolute atomic E-state index is 13.4. The van der Waals surface area contributed by atoms with E-state index >= 15 is 0 Å². The molecule has 0 amide bonds. The predicted octanol–water partition coefficient (Wildman–Crippen LogP) is 1.50. The Labute approximate surface area is 153 Å². The van der Waals surface area contributed by atoms with E-state index in [9.17, 15) is 13.6 Å². The van der Waals surface area contributed by atoms with Gasteiger partial charge in [0, 0.05) is 19.5 Å². The highest BCUT2D eigenvalue weighted by Gasteiger charge is 2.57. The fraction of sp³-hybridized carbons (Fsp3) is 0.444. The molecule has 0 aliphatic carbocycles. The number of benzene rings is 1. The molecule has 0 unspecified atom stereocenters. The van der Waals surface area contributed by atoms with E-state index in [-0.39, 0.29) is 23.9 Å². The number of aromatic nitrogens is 2. The molecule has 1 aromatic heterocycles. The zero-order valence-electron chi connectivity index (χ0n) is 14.7. The van der Waals surface area contributed by atoms with Gasteiger partial charge in [0.2, 0.25) is 5.75 Å². The minimum Gasteiger partial charge on any atom is -0.490 e. The van der Waals surface area contributed by atoms with Crippen LogP contribution < -0.4 is 20.6 Å². The summed E-state index contributed by atoms with van der Waals surface area (Å²) in [6.07, 6.45) is 1.06. The van der Waals surface area contributed by atoms with Gasteiger partial charge in [0.25, 0.3) is 0 Å². The van der Waals surface area contributed by atoms with Crippen molar-refractivity contribution in [2.45, 2.75) is 31.2 Å². The number of hydrogen-bond donors (Lipinski definition) is 1. The summed E-state index contributed by atoms with van der Waals surface area (Å²) in [6, 6.07) is 3.66. The topological polar surface area (TPSA) is 68.6 Å². The van der Waals surface area contributed by atoms with Crippen LogP contribution in [0.3, 0.4) is 0 Å². The number of ether oxygens (including phenoxy) is 2. The lowest BCUT2D eigenvalue weighted by atomic mass is 10.0. The normalized spacial score (nSPS) is 24.9. The first kappa shape index (κ1) is 16.5. The summed E-state index contributed by atoms with van der Waals surface area (Å²) in [5.41, 5.74) is -0.0425. The number of rotatable bonds is 4. The SMILES string of the molecule is COc1c(NCc2ccc(F)c(F)c2)nc(=O)n2c1N1C[C@@H]3C[C@]1(CO3)C2. The average molecular weight is 376 g/mol. The van der Waals surface area contributed by atoms with Crippen molar-refractivity contribution in [1.29, 1.82) is 0 Å². The first-order chi connectivity index (χ1) is 13.0. The van der Waals surface area contributed by atoms with Crippen LogP contribution in [0.25, 0.3) is 0 Å². The second-order valence-electron chi connectivity index (χ2n) is 7.26. The molecule has 2 saturated heterocycles. The number of halogens is 2. The van der Waals surface area contributed by atoms with Gasteiger partial charge in [-0.05, 0) is 17.7 Å². The Bertz CT molecular complexity index is 995. The van der Waals surface area contributed by atoms with E-state index in [1.54, 1.807) is 4.57 Å². The third kappa shape index (κ3) is 2.34. The Morgan fingerprint density at radius 2 is 2.26 bits per heavy atom. The molecule has 5 rings (SSSR count). The summed E-state index contributed by atoms with van der Waals surface area (Å²) in [7, 11) is 1.53. The average Bonchev–Trinajstić information content (AvgIpc) is 3.31. The largest absolute Gasteiger partial charge is 0.490 e. The number of methoxy groups -OCH3 is 1. The first-order valence-electron chi connectivity index (χ1n) is 8.77. The van der Waals surface area contributed by atoms with Gasteiger partial charge in [0.05, 0.1) is 31.9 Å². The Morgan fingerprint density at radius 3 is 3.00 bits per heavy atom. The van der Waals surface area contributed by atoms with Crippen molar-refractivity contribution in [3.8, 4) is 5.75 Å². The van der Waals surface area contributed by atoms with Crippen molar-refractivity contribution in [3.05, 3.63) is 45.9 Å². The third-order valence-electron chi connectivity index (χ3n) is 5.62. The molecule has 2 aromatic rings. The Balaban J connectivity index is 1.50. The summed E-state index contributed by atoms with van der Waals surface area (Å²) >= 11 is 0. The minimum atomic E-state index is -0.918. The van der Waals surface area contributed by atoms with E-state index < -0.39 is 11.6 Å². The van der Waals surface area contributed by atoms with E-state index in [4.69, 9.17) is 9.47 Å². The van der Waals surface area contributed by atoms with Crippen LogP contribution in [0.15, 0.2) is 23.0 Å². The van der Waals surface area contributed by atoms with E-state index in [1.165, 1.54) is 13.2 Å². The lowest BCUT2D eigenvalue weighted by Gasteiger charge is -2.32. The lowest BCUT2D eigenvalue weighted by Crippen LogP contribution is -2.46. The van der Waals surface area contributed by atoms with Crippen molar-refractivity contribution in [1.82, 2.24) is 9.55 Å². The summed E-state index contributed by atoms with van der Waals surface area (Å²) in [6.45, 7) is 2.01. The van der Waals surface area contributed by atoms with Crippen molar-refractivity contribution >= 4 is 11.6 Å². The van der Waals surface area contributed by atoms with Crippen LogP contribution in [-0.2, 0) is 17.8 Å². The molecule has 27 heavy (non-hydrogen) atoms. The van der Waals surface area contributed by atoms with E-state index in [0.29, 0.717) is 42.6 Å². The third-order valence-corrected chi connectivity index (χ3v) is 5.62. The highest BCUT2D eigenvalue weighted by Crippen LogP contribution is 2.50. The van der Waals surface area contributed by atoms with Gasteiger partial charge in [0.15, 0.2) is 23.3 Å². The van der Waals surface area contributed by atoms with Gasteiger partial charge in [-0.25, -0.2) is 13.6 Å². The fourth-order valence-corrected chi connectivity index (χ4v) is 4.40. The minimum absolute atomic E-state index is 0.172. The molecular formula is C18H18F2N4O3. The van der Waals surface area contributed by atoms with Crippen molar-refractivity contribution < 1.29 is 18.3 Å². The highest BCUT2D eigenvalue weighted by molar-refractivity contribution is 5.69. The van der Waals surface area contributed by atoms with Gasteiger partial charge in [0.1, 0.15) is 0 Å². The van der Waals surface area contributed by atoms with Crippen LogP contribution in [0.2, 0.25) is 0 Å². The van der Waals surface area contributed by atoms with E-state index in [1.807, 2.05) is 0 Å². The van der Waals surface area contributed by atoms with E-state index in [0.717, 1.165) is 18.6 Å². The van der Waals surface area contributed by atoms with Gasteiger partial charge in [-0.3, -0.25) is 4.57 Å². The molecule has 2 atom stereocenters. The molecule has 7 nitrogen and oxygen atoms in total. The van der Waals surface area contributed by atoms with Crippen molar-refractivity contribution in [2.75, 3.05) is 30.5 Å². The van der Waals surface area contributed by atoms with Crippen LogP contribution in [0.4, 0.5) is 20.4 Å². The Morgan fingerprint density at radius 1 is 1.41 bits per heavy atom. The van der Waals surface area contributed by atoms with Gasteiger partial charge in [-0.2, -0.15) is 4.98 Å². The molecule has 0 saturated carbocycles. The smallest absolute Gasteiger partial charge is 0.351 e. The van der Waals surface area contributed by atoms with Gasteiger partial charge in [-0.15, -0.1) is 0 Å². The lowest BCUT2D eigenvalue weighted by molar-refractivity contribution is 0.0855. The summed E-state index contributed by atoms with van der Waals surface area (Å²) in [5, 5.41) is 3.02. The maximum Gasteiger partial charge on any atom is 0.351 e. The molecule has 3 aliphatic rings. The molecule has 142 valence electrons. The van der Waals surface area contributed by atoms with Crippen molar-refractivity contribution in [2.24, 2.45) is 0 Å². The zero-order chi connectivity index (χ0) is 18.8. The highest BCUT2D eigenvalue weighted by atomic mass is 19.2. The summed E-state index contributed by atoms with van der Waals surface area (Å²) in [4.78, 5) is 18.9. The molecule has 2 fully saturated rings. The van der Waals surface area contributed by atoms with Gasteiger partial charge >= 0.3 is 5.69 Å². The fourth-order valence-electron chi connectivity index (χ4n) is 4.40. The molecule has 2 bridgehead atoms. The summed E-state index contributed by atoms with van der Waals surface area (Å²) in [5.74, 6) is -0.350. The first-order valence-corrected chi connectivity index (χ1v) is 8.77. The molecule has 1 spiro atoms. The predicted molar refractivity (Wildman–Crippen MR) is 93.2 cm³/mol. The number of anilines is 2.